The quantitative estimate of drug-likeness (QED) is 0.675. The molecule has 0 radical (unpaired) electrons. The van der Waals surface area contributed by atoms with E-state index < -0.39 is 20.7 Å². The van der Waals surface area contributed by atoms with E-state index in [0.717, 1.165) is 18.9 Å². The van der Waals surface area contributed by atoms with Crippen LogP contribution < -0.4 is 10.5 Å². The van der Waals surface area contributed by atoms with Gasteiger partial charge in [-0.25, -0.2) is 17.5 Å². The van der Waals surface area contributed by atoms with Gasteiger partial charge in [0.05, 0.1) is 6.61 Å². The molecule has 0 aliphatic heterocycles. The monoisotopic (exact) mass is 338 g/mol. The number of benzene rings is 1. The summed E-state index contributed by atoms with van der Waals surface area (Å²) in [5.41, 5.74) is 5.42. The van der Waals surface area contributed by atoms with E-state index in [1.165, 1.54) is 6.07 Å². The molecular weight excluding hydrogens is 319 g/mol. The van der Waals surface area contributed by atoms with Crippen LogP contribution in [0.2, 0.25) is 5.02 Å². The molecule has 3 N–H and O–H groups in total. The van der Waals surface area contributed by atoms with Crippen LogP contribution in [0.4, 0.5) is 4.39 Å². The number of hydrogen-bond donors (Lipinski definition) is 2. The van der Waals surface area contributed by atoms with E-state index in [1.54, 1.807) is 0 Å². The summed E-state index contributed by atoms with van der Waals surface area (Å²) in [6, 6.07) is 2.38. The molecule has 0 saturated heterocycles. The van der Waals surface area contributed by atoms with Gasteiger partial charge in [0.2, 0.25) is 10.0 Å². The first-order valence-corrected chi connectivity index (χ1v) is 8.54. The predicted octanol–water partition coefficient (Wildman–Crippen LogP) is 2.03. The van der Waals surface area contributed by atoms with Crippen molar-refractivity contribution in [3.63, 3.8) is 0 Å². The molecule has 0 unspecified atom stereocenters. The smallest absolute Gasteiger partial charge is 0.243 e. The molecule has 21 heavy (non-hydrogen) atoms. The zero-order valence-corrected chi connectivity index (χ0v) is 13.4. The van der Waals surface area contributed by atoms with Crippen LogP contribution in [0, 0.1) is 5.82 Å². The number of ether oxygens (including phenoxy) is 1. The maximum atomic E-state index is 14.0. The van der Waals surface area contributed by atoms with Gasteiger partial charge in [0.1, 0.15) is 10.7 Å². The third kappa shape index (κ3) is 5.52. The third-order valence-corrected chi connectivity index (χ3v) is 4.45. The molecule has 8 heteroatoms. The lowest BCUT2D eigenvalue weighted by Crippen LogP contribution is -2.28. The van der Waals surface area contributed by atoms with Gasteiger partial charge in [-0.15, -0.1) is 0 Å². The Morgan fingerprint density at radius 1 is 1.38 bits per heavy atom. The van der Waals surface area contributed by atoms with Crippen molar-refractivity contribution in [3.8, 4) is 0 Å². The number of halogens is 2. The molecule has 1 aromatic rings. The normalized spacial score (nSPS) is 11.8. The first-order valence-electron chi connectivity index (χ1n) is 6.67. The van der Waals surface area contributed by atoms with Crippen molar-refractivity contribution in [2.45, 2.75) is 31.2 Å². The first kappa shape index (κ1) is 18.3. The van der Waals surface area contributed by atoms with Gasteiger partial charge in [-0.05, 0) is 18.6 Å². The Morgan fingerprint density at radius 3 is 2.71 bits per heavy atom. The molecule has 1 aromatic carbocycles. The lowest BCUT2D eigenvalue weighted by molar-refractivity contribution is 0.136. The molecule has 0 aliphatic rings. The maximum absolute atomic E-state index is 14.0. The molecule has 0 aliphatic carbocycles. The predicted molar refractivity (Wildman–Crippen MR) is 80.2 cm³/mol. The Hall–Kier alpha value is -0.730. The van der Waals surface area contributed by atoms with E-state index in [2.05, 4.69) is 4.72 Å². The molecule has 0 spiro atoms. The minimum absolute atomic E-state index is 0.0575. The van der Waals surface area contributed by atoms with Crippen molar-refractivity contribution in [3.05, 3.63) is 28.5 Å². The number of rotatable bonds is 9. The van der Waals surface area contributed by atoms with Gasteiger partial charge in [-0.3, -0.25) is 0 Å². The van der Waals surface area contributed by atoms with E-state index in [9.17, 15) is 12.8 Å². The van der Waals surface area contributed by atoms with Gasteiger partial charge in [0.25, 0.3) is 0 Å². The SMILES string of the molecule is CCCCOCCNS(=O)(=O)c1cc(Cl)cc(CN)c1F. The van der Waals surface area contributed by atoms with Crippen molar-refractivity contribution >= 4 is 21.6 Å². The maximum Gasteiger partial charge on any atom is 0.243 e. The molecule has 0 atom stereocenters. The summed E-state index contributed by atoms with van der Waals surface area (Å²) in [7, 11) is -3.98. The Kier molecular flexibility index (Phi) is 7.55. The van der Waals surface area contributed by atoms with Crippen molar-refractivity contribution in [1.82, 2.24) is 4.72 Å². The van der Waals surface area contributed by atoms with Crippen molar-refractivity contribution in [2.75, 3.05) is 19.8 Å². The highest BCUT2D eigenvalue weighted by Crippen LogP contribution is 2.23. The second-order valence-electron chi connectivity index (χ2n) is 4.44. The van der Waals surface area contributed by atoms with Crippen LogP contribution in [0.5, 0.6) is 0 Å². The molecule has 0 saturated carbocycles. The number of nitrogens with two attached hydrogens (primary N) is 1. The van der Waals surface area contributed by atoms with E-state index >= 15 is 0 Å². The van der Waals surface area contributed by atoms with Gasteiger partial charge < -0.3 is 10.5 Å². The number of sulfonamides is 1. The fourth-order valence-electron chi connectivity index (χ4n) is 1.64. The van der Waals surface area contributed by atoms with Crippen molar-refractivity contribution < 1.29 is 17.5 Å². The number of hydrogen-bond acceptors (Lipinski definition) is 4. The number of unbranched alkanes of at least 4 members (excludes halogenated alkanes) is 1. The van der Waals surface area contributed by atoms with Gasteiger partial charge >= 0.3 is 0 Å². The minimum Gasteiger partial charge on any atom is -0.380 e. The van der Waals surface area contributed by atoms with Crippen LogP contribution in [0.15, 0.2) is 17.0 Å². The third-order valence-electron chi connectivity index (χ3n) is 2.77. The fraction of sp³-hybridized carbons (Fsp3) is 0.538. The minimum atomic E-state index is -3.98. The fourth-order valence-corrected chi connectivity index (χ4v) is 3.10. The number of nitrogens with one attached hydrogen (secondary N) is 1. The zero-order valence-electron chi connectivity index (χ0n) is 11.9. The zero-order chi connectivity index (χ0) is 15.9. The topological polar surface area (TPSA) is 81.4 Å². The van der Waals surface area contributed by atoms with Crippen LogP contribution in [0.25, 0.3) is 0 Å². The molecule has 0 fully saturated rings. The standard InChI is InChI=1S/C13H20ClFN2O3S/c1-2-3-5-20-6-4-17-21(18,19)12-8-11(14)7-10(9-16)13(12)15/h7-8,17H,2-6,9,16H2,1H3. The summed E-state index contributed by atoms with van der Waals surface area (Å²) >= 11 is 5.79. The van der Waals surface area contributed by atoms with Crippen LogP contribution in [-0.2, 0) is 21.3 Å². The average molecular weight is 339 g/mol. The molecule has 1 rings (SSSR count). The van der Waals surface area contributed by atoms with Crippen LogP contribution in [0.1, 0.15) is 25.3 Å². The van der Waals surface area contributed by atoms with Gasteiger partial charge in [-0.1, -0.05) is 24.9 Å². The van der Waals surface area contributed by atoms with Gasteiger partial charge in [0.15, 0.2) is 0 Å². The summed E-state index contributed by atoms with van der Waals surface area (Å²) in [5.74, 6) is -0.874. The summed E-state index contributed by atoms with van der Waals surface area (Å²) in [6.45, 7) is 2.76. The highest BCUT2D eigenvalue weighted by Gasteiger charge is 2.21. The highest BCUT2D eigenvalue weighted by molar-refractivity contribution is 7.89. The molecular formula is C13H20ClFN2O3S. The van der Waals surface area contributed by atoms with E-state index in [0.29, 0.717) is 6.61 Å². The highest BCUT2D eigenvalue weighted by atomic mass is 35.5. The molecule has 120 valence electrons. The van der Waals surface area contributed by atoms with Crippen LogP contribution >= 0.6 is 11.6 Å². The van der Waals surface area contributed by atoms with Crippen LogP contribution in [-0.4, -0.2) is 28.2 Å². The first-order chi connectivity index (χ1) is 9.92. The largest absolute Gasteiger partial charge is 0.380 e. The Balaban J connectivity index is 2.72. The van der Waals surface area contributed by atoms with Gasteiger partial charge in [0, 0.05) is 30.3 Å². The molecule has 0 aromatic heterocycles. The Bertz CT molecular complexity index is 567. The van der Waals surface area contributed by atoms with E-state index in [1.807, 2.05) is 6.92 Å². The van der Waals surface area contributed by atoms with E-state index in [-0.39, 0.29) is 30.3 Å². The Labute approximate surface area is 129 Å². The lowest BCUT2D eigenvalue weighted by atomic mass is 10.2. The lowest BCUT2D eigenvalue weighted by Gasteiger charge is -2.11. The summed E-state index contributed by atoms with van der Waals surface area (Å²) in [6.07, 6.45) is 1.91. The van der Waals surface area contributed by atoms with Crippen molar-refractivity contribution in [2.24, 2.45) is 5.73 Å². The second-order valence-corrected chi connectivity index (χ2v) is 6.62. The van der Waals surface area contributed by atoms with Crippen LogP contribution in [0.3, 0.4) is 0 Å². The second kappa shape index (κ2) is 8.65. The average Bonchev–Trinajstić information content (AvgIpc) is 2.44. The van der Waals surface area contributed by atoms with E-state index in [4.69, 9.17) is 22.1 Å². The summed E-state index contributed by atoms with van der Waals surface area (Å²) < 4.78 is 45.7. The summed E-state index contributed by atoms with van der Waals surface area (Å²) in [5, 5.41) is 0.122. The summed E-state index contributed by atoms with van der Waals surface area (Å²) in [4.78, 5) is -0.496. The molecule has 5 nitrogen and oxygen atoms in total. The molecule has 0 bridgehead atoms. The van der Waals surface area contributed by atoms with Gasteiger partial charge in [-0.2, -0.15) is 0 Å². The molecule has 0 heterocycles. The molecule has 0 amide bonds. The Morgan fingerprint density at radius 2 is 2.10 bits per heavy atom. The van der Waals surface area contributed by atoms with Crippen molar-refractivity contribution in [1.29, 1.82) is 0 Å².